The molecule has 0 spiro atoms. The number of imide groups is 1. The van der Waals surface area contributed by atoms with Gasteiger partial charge in [-0.2, -0.15) is 0 Å². The molecular weight excluding hydrogens is 558 g/mol. The lowest BCUT2D eigenvalue weighted by Crippen LogP contribution is -2.51. The molecule has 1 unspecified atom stereocenters. The van der Waals surface area contributed by atoms with Crippen LogP contribution in [-0.4, -0.2) is 52.1 Å². The van der Waals surface area contributed by atoms with Gasteiger partial charge in [0.05, 0.1) is 11.1 Å². The molecule has 1 aliphatic heterocycles. The first-order chi connectivity index (χ1) is 18.7. The highest BCUT2D eigenvalue weighted by Crippen LogP contribution is 2.23. The van der Waals surface area contributed by atoms with Crippen molar-refractivity contribution in [2.45, 2.75) is 51.7 Å². The molecule has 4 rings (SSSR count). The highest BCUT2D eigenvalue weighted by Gasteiger charge is 2.35. The van der Waals surface area contributed by atoms with Crippen LogP contribution in [0.5, 0.6) is 0 Å². The van der Waals surface area contributed by atoms with Gasteiger partial charge in [0.15, 0.2) is 0 Å². The zero-order valence-corrected chi connectivity index (χ0v) is 23.7. The van der Waals surface area contributed by atoms with Gasteiger partial charge < -0.3 is 10.2 Å². The molecule has 0 bridgehead atoms. The zero-order valence-electron chi connectivity index (χ0n) is 22.1. The van der Waals surface area contributed by atoms with Gasteiger partial charge in [0, 0.05) is 36.4 Å². The Bertz CT molecular complexity index is 1320. The minimum Gasteiger partial charge on any atom is -0.352 e. The molecule has 202 valence electrons. The van der Waals surface area contributed by atoms with Crippen LogP contribution in [0.3, 0.4) is 0 Å². The normalized spacial score (nSPS) is 13.4. The fourth-order valence-electron chi connectivity index (χ4n) is 4.74. The molecule has 39 heavy (non-hydrogen) atoms. The largest absolute Gasteiger partial charge is 0.352 e. The van der Waals surface area contributed by atoms with Crippen molar-refractivity contribution in [2.75, 3.05) is 6.54 Å². The molecule has 4 amide bonds. The van der Waals surface area contributed by atoms with E-state index in [1.807, 2.05) is 68.4 Å². The number of amides is 4. The van der Waals surface area contributed by atoms with Crippen molar-refractivity contribution in [3.63, 3.8) is 0 Å². The molecule has 0 saturated heterocycles. The standard InChI is InChI=1S/C31H32BrN3O4/c1-21(2)33-29(37)27(19-22-10-4-3-5-11-22)35(20-23-12-8-13-24(32)18-23)28(36)16-9-17-34-30(38)25-14-6-7-15-26(25)31(34)39/h3-8,10-15,18,21,27H,9,16-17,19-20H2,1-2H3,(H,33,37). The summed E-state index contributed by atoms with van der Waals surface area (Å²) in [7, 11) is 0. The molecule has 0 aromatic heterocycles. The molecule has 1 heterocycles. The maximum atomic E-state index is 13.8. The van der Waals surface area contributed by atoms with Crippen LogP contribution >= 0.6 is 15.9 Å². The number of rotatable bonds is 11. The SMILES string of the molecule is CC(C)NC(=O)C(Cc1ccccc1)N(Cc1cccc(Br)c1)C(=O)CCCN1C(=O)c2ccccc2C1=O. The minimum absolute atomic E-state index is 0.0850. The van der Waals surface area contributed by atoms with E-state index in [0.29, 0.717) is 24.0 Å². The monoisotopic (exact) mass is 589 g/mol. The van der Waals surface area contributed by atoms with Crippen molar-refractivity contribution in [1.82, 2.24) is 15.1 Å². The first-order valence-corrected chi connectivity index (χ1v) is 13.9. The number of hydrogen-bond acceptors (Lipinski definition) is 4. The Hall–Kier alpha value is -3.78. The van der Waals surface area contributed by atoms with Crippen molar-refractivity contribution in [1.29, 1.82) is 0 Å². The van der Waals surface area contributed by atoms with Gasteiger partial charge in [0.25, 0.3) is 11.8 Å². The van der Waals surface area contributed by atoms with Gasteiger partial charge >= 0.3 is 0 Å². The van der Waals surface area contributed by atoms with Crippen LogP contribution in [0, 0.1) is 0 Å². The lowest BCUT2D eigenvalue weighted by atomic mass is 10.0. The van der Waals surface area contributed by atoms with Gasteiger partial charge in [-0.1, -0.05) is 70.5 Å². The van der Waals surface area contributed by atoms with Crippen molar-refractivity contribution >= 4 is 39.6 Å². The molecule has 7 nitrogen and oxygen atoms in total. The molecule has 8 heteroatoms. The second kappa shape index (κ2) is 12.8. The van der Waals surface area contributed by atoms with Gasteiger partial charge in [0.2, 0.25) is 11.8 Å². The molecule has 1 N–H and O–H groups in total. The lowest BCUT2D eigenvalue weighted by Gasteiger charge is -2.32. The van der Waals surface area contributed by atoms with Crippen LogP contribution in [0.15, 0.2) is 83.3 Å². The number of carbonyl (C=O) groups excluding carboxylic acids is 4. The third-order valence-corrected chi connectivity index (χ3v) is 7.09. The maximum Gasteiger partial charge on any atom is 0.261 e. The topological polar surface area (TPSA) is 86.8 Å². The average molecular weight is 591 g/mol. The number of carbonyl (C=O) groups is 4. The van der Waals surface area contributed by atoms with E-state index >= 15 is 0 Å². The molecule has 0 aliphatic carbocycles. The fourth-order valence-corrected chi connectivity index (χ4v) is 5.19. The number of benzene rings is 3. The number of nitrogens with one attached hydrogen (secondary N) is 1. The van der Waals surface area contributed by atoms with Gasteiger partial charge in [-0.3, -0.25) is 24.1 Å². The Morgan fingerprint density at radius 3 is 2.10 bits per heavy atom. The third kappa shape index (κ3) is 7.00. The van der Waals surface area contributed by atoms with Crippen LogP contribution in [0.25, 0.3) is 0 Å². The second-order valence-corrected chi connectivity index (χ2v) is 10.8. The maximum absolute atomic E-state index is 13.8. The average Bonchev–Trinajstić information content (AvgIpc) is 3.15. The van der Waals surface area contributed by atoms with Crippen molar-refractivity contribution < 1.29 is 19.2 Å². The number of halogens is 1. The molecule has 3 aromatic rings. The fraction of sp³-hybridized carbons (Fsp3) is 0.290. The summed E-state index contributed by atoms with van der Waals surface area (Å²) in [6.07, 6.45) is 0.738. The van der Waals surface area contributed by atoms with Crippen LogP contribution in [-0.2, 0) is 22.6 Å². The summed E-state index contributed by atoms with van der Waals surface area (Å²) in [4.78, 5) is 55.5. The van der Waals surface area contributed by atoms with Crippen molar-refractivity contribution in [2.24, 2.45) is 0 Å². The Balaban J connectivity index is 1.54. The van der Waals surface area contributed by atoms with Gasteiger partial charge in [-0.15, -0.1) is 0 Å². The first kappa shape index (κ1) is 28.2. The lowest BCUT2D eigenvalue weighted by molar-refractivity contribution is -0.141. The first-order valence-electron chi connectivity index (χ1n) is 13.1. The van der Waals surface area contributed by atoms with E-state index in [9.17, 15) is 19.2 Å². The Labute approximate surface area is 237 Å². The third-order valence-electron chi connectivity index (χ3n) is 6.59. The van der Waals surface area contributed by atoms with Crippen molar-refractivity contribution in [3.05, 3.63) is 106 Å². The van der Waals surface area contributed by atoms with E-state index in [0.717, 1.165) is 15.6 Å². The number of fused-ring (bicyclic) bond motifs is 1. The van der Waals surface area contributed by atoms with Gasteiger partial charge in [0.1, 0.15) is 6.04 Å². The molecule has 0 saturated carbocycles. The summed E-state index contributed by atoms with van der Waals surface area (Å²) < 4.78 is 0.879. The van der Waals surface area contributed by atoms with E-state index in [4.69, 9.17) is 0 Å². The quantitative estimate of drug-likeness (QED) is 0.319. The molecule has 1 aliphatic rings. The van der Waals surface area contributed by atoms with E-state index in [1.165, 1.54) is 4.90 Å². The highest BCUT2D eigenvalue weighted by atomic mass is 79.9. The van der Waals surface area contributed by atoms with E-state index < -0.39 is 6.04 Å². The smallest absolute Gasteiger partial charge is 0.261 e. The van der Waals surface area contributed by atoms with Crippen LogP contribution in [0.4, 0.5) is 0 Å². The minimum atomic E-state index is -0.736. The molecule has 3 aromatic carbocycles. The second-order valence-electron chi connectivity index (χ2n) is 9.93. The zero-order chi connectivity index (χ0) is 27.9. The summed E-state index contributed by atoms with van der Waals surface area (Å²) >= 11 is 3.49. The Morgan fingerprint density at radius 1 is 0.872 bits per heavy atom. The van der Waals surface area contributed by atoms with Crippen LogP contribution in [0.1, 0.15) is 58.5 Å². The number of nitrogens with zero attached hydrogens (tertiary/aromatic N) is 2. The number of hydrogen-bond donors (Lipinski definition) is 1. The van der Waals surface area contributed by atoms with Crippen molar-refractivity contribution in [3.8, 4) is 0 Å². The predicted molar refractivity (Wildman–Crippen MR) is 153 cm³/mol. The van der Waals surface area contributed by atoms with Crippen LogP contribution < -0.4 is 5.32 Å². The molecular formula is C31H32BrN3O4. The molecule has 0 radical (unpaired) electrons. The molecule has 0 fully saturated rings. The molecule has 1 atom stereocenters. The van der Waals surface area contributed by atoms with Gasteiger partial charge in [-0.05, 0) is 55.7 Å². The Morgan fingerprint density at radius 2 is 1.49 bits per heavy atom. The summed E-state index contributed by atoms with van der Waals surface area (Å²) in [5.74, 6) is -1.12. The summed E-state index contributed by atoms with van der Waals surface area (Å²) in [5.41, 5.74) is 2.60. The van der Waals surface area contributed by atoms with E-state index in [1.54, 1.807) is 29.2 Å². The van der Waals surface area contributed by atoms with E-state index in [-0.39, 0.29) is 49.2 Å². The van der Waals surface area contributed by atoms with Gasteiger partial charge in [-0.25, -0.2) is 0 Å². The summed E-state index contributed by atoms with van der Waals surface area (Å²) in [5, 5.41) is 2.98. The summed E-state index contributed by atoms with van der Waals surface area (Å²) in [6.45, 7) is 4.15. The highest BCUT2D eigenvalue weighted by molar-refractivity contribution is 9.10. The predicted octanol–water partition coefficient (Wildman–Crippen LogP) is 4.99. The Kier molecular flexibility index (Phi) is 9.30. The van der Waals surface area contributed by atoms with E-state index in [2.05, 4.69) is 21.2 Å². The summed E-state index contributed by atoms with van der Waals surface area (Å²) in [6, 6.07) is 23.2. The van der Waals surface area contributed by atoms with Crippen LogP contribution in [0.2, 0.25) is 0 Å².